The van der Waals surface area contributed by atoms with Crippen LogP contribution in [0.2, 0.25) is 0 Å². The first kappa shape index (κ1) is 18.5. The number of aryl methyl sites for hydroxylation is 3. The summed E-state index contributed by atoms with van der Waals surface area (Å²) in [5, 5.41) is 0.903. The number of methoxy groups -OCH3 is 1. The second kappa shape index (κ2) is 8.38. The van der Waals surface area contributed by atoms with Gasteiger partial charge in [0.2, 0.25) is 5.13 Å². The maximum absolute atomic E-state index is 5.27. The molecule has 136 valence electrons. The van der Waals surface area contributed by atoms with E-state index < -0.39 is 0 Å². The SMILES string of the molecule is COCCN(Cc1cccnc1)c1nc(-c2c(C)cc(C)cc2C)ns1. The molecule has 0 aliphatic carbocycles. The van der Waals surface area contributed by atoms with Crippen molar-refractivity contribution < 1.29 is 4.74 Å². The molecule has 0 aliphatic heterocycles. The molecule has 26 heavy (non-hydrogen) atoms. The summed E-state index contributed by atoms with van der Waals surface area (Å²) in [6, 6.07) is 8.39. The minimum Gasteiger partial charge on any atom is -0.383 e. The third kappa shape index (κ3) is 4.26. The second-order valence-corrected chi connectivity index (χ2v) is 7.18. The van der Waals surface area contributed by atoms with E-state index >= 15 is 0 Å². The molecule has 0 amide bonds. The van der Waals surface area contributed by atoms with E-state index in [1.807, 2.05) is 12.3 Å². The Labute approximate surface area is 158 Å². The summed E-state index contributed by atoms with van der Waals surface area (Å²) in [5.74, 6) is 0.800. The van der Waals surface area contributed by atoms with Gasteiger partial charge in [0.05, 0.1) is 6.61 Å². The zero-order valence-electron chi connectivity index (χ0n) is 15.7. The van der Waals surface area contributed by atoms with Gasteiger partial charge < -0.3 is 9.64 Å². The standard InChI is InChI=1S/C20H24N4OS/c1-14-10-15(2)18(16(3)11-14)19-22-20(26-23-19)24(8-9-25-4)13-17-6-5-7-21-12-17/h5-7,10-12H,8-9,13H2,1-4H3. The highest BCUT2D eigenvalue weighted by molar-refractivity contribution is 7.09. The molecule has 3 aromatic rings. The number of aromatic nitrogens is 3. The van der Waals surface area contributed by atoms with Crippen molar-refractivity contribution in [2.45, 2.75) is 27.3 Å². The van der Waals surface area contributed by atoms with Crippen molar-refractivity contribution in [3.63, 3.8) is 0 Å². The Morgan fingerprint density at radius 3 is 2.58 bits per heavy atom. The van der Waals surface area contributed by atoms with Crippen LogP contribution >= 0.6 is 11.5 Å². The lowest BCUT2D eigenvalue weighted by atomic mass is 9.99. The summed E-state index contributed by atoms with van der Waals surface area (Å²) in [6.45, 7) is 8.48. The summed E-state index contributed by atoms with van der Waals surface area (Å²) >= 11 is 1.43. The molecule has 6 heteroatoms. The molecule has 5 nitrogen and oxygen atoms in total. The first-order valence-electron chi connectivity index (χ1n) is 8.63. The van der Waals surface area contributed by atoms with Crippen LogP contribution in [-0.2, 0) is 11.3 Å². The second-order valence-electron chi connectivity index (χ2n) is 6.45. The number of hydrogen-bond acceptors (Lipinski definition) is 6. The fourth-order valence-electron chi connectivity index (χ4n) is 3.13. The van der Waals surface area contributed by atoms with Gasteiger partial charge in [0.1, 0.15) is 0 Å². The maximum Gasteiger partial charge on any atom is 0.205 e. The summed E-state index contributed by atoms with van der Waals surface area (Å²) in [7, 11) is 1.72. The zero-order valence-corrected chi connectivity index (χ0v) is 16.5. The fraction of sp³-hybridized carbons (Fsp3) is 0.350. The highest BCUT2D eigenvalue weighted by Crippen LogP contribution is 2.30. The summed E-state index contributed by atoms with van der Waals surface area (Å²) in [4.78, 5) is 11.2. The smallest absolute Gasteiger partial charge is 0.205 e. The van der Waals surface area contributed by atoms with Crippen molar-refractivity contribution in [3.8, 4) is 11.4 Å². The van der Waals surface area contributed by atoms with Crippen molar-refractivity contribution in [2.75, 3.05) is 25.2 Å². The lowest BCUT2D eigenvalue weighted by Gasteiger charge is -2.20. The molecular formula is C20H24N4OS. The molecule has 0 spiro atoms. The van der Waals surface area contributed by atoms with Crippen molar-refractivity contribution in [3.05, 3.63) is 58.9 Å². The van der Waals surface area contributed by atoms with Crippen LogP contribution in [0.5, 0.6) is 0 Å². The van der Waals surface area contributed by atoms with Crippen LogP contribution in [0.4, 0.5) is 5.13 Å². The minimum absolute atomic E-state index is 0.637. The van der Waals surface area contributed by atoms with Crippen molar-refractivity contribution >= 4 is 16.7 Å². The Bertz CT molecular complexity index is 840. The predicted octanol–water partition coefficient (Wildman–Crippen LogP) is 4.18. The molecule has 0 saturated heterocycles. The molecule has 0 unspecified atom stereocenters. The minimum atomic E-state index is 0.637. The van der Waals surface area contributed by atoms with Crippen LogP contribution in [0.25, 0.3) is 11.4 Å². The molecule has 2 aromatic heterocycles. The van der Waals surface area contributed by atoms with Crippen molar-refractivity contribution in [1.82, 2.24) is 14.3 Å². The zero-order chi connectivity index (χ0) is 18.5. The van der Waals surface area contributed by atoms with Gasteiger partial charge in [0.25, 0.3) is 0 Å². The largest absolute Gasteiger partial charge is 0.383 e. The van der Waals surface area contributed by atoms with Crippen LogP contribution in [0.15, 0.2) is 36.7 Å². The van der Waals surface area contributed by atoms with E-state index in [2.05, 4.69) is 53.2 Å². The number of pyridine rings is 1. The van der Waals surface area contributed by atoms with Gasteiger partial charge in [0, 0.05) is 49.7 Å². The average Bonchev–Trinajstić information content (AvgIpc) is 3.08. The van der Waals surface area contributed by atoms with Gasteiger partial charge in [-0.1, -0.05) is 23.8 Å². The predicted molar refractivity (Wildman–Crippen MR) is 107 cm³/mol. The summed E-state index contributed by atoms with van der Waals surface area (Å²) in [5.41, 5.74) is 5.96. The summed E-state index contributed by atoms with van der Waals surface area (Å²) < 4.78 is 9.91. The maximum atomic E-state index is 5.27. The average molecular weight is 369 g/mol. The monoisotopic (exact) mass is 368 g/mol. The van der Waals surface area contributed by atoms with Crippen molar-refractivity contribution in [2.24, 2.45) is 0 Å². The molecule has 0 aliphatic rings. The van der Waals surface area contributed by atoms with Gasteiger partial charge in [-0.25, -0.2) is 0 Å². The first-order chi connectivity index (χ1) is 12.6. The molecular weight excluding hydrogens is 344 g/mol. The third-order valence-electron chi connectivity index (χ3n) is 4.25. The quantitative estimate of drug-likeness (QED) is 0.626. The number of rotatable bonds is 7. The van der Waals surface area contributed by atoms with Gasteiger partial charge in [-0.05, 0) is 43.5 Å². The number of benzene rings is 1. The van der Waals surface area contributed by atoms with Crippen LogP contribution in [0.3, 0.4) is 0 Å². The molecule has 0 N–H and O–H groups in total. The topological polar surface area (TPSA) is 51.1 Å². The van der Waals surface area contributed by atoms with E-state index in [1.165, 1.54) is 28.2 Å². The van der Waals surface area contributed by atoms with Gasteiger partial charge in [-0.15, -0.1) is 0 Å². The Morgan fingerprint density at radius 2 is 1.92 bits per heavy atom. The normalized spacial score (nSPS) is 10.9. The van der Waals surface area contributed by atoms with E-state index in [0.29, 0.717) is 6.61 Å². The van der Waals surface area contributed by atoms with E-state index in [9.17, 15) is 0 Å². The number of ether oxygens (including phenoxy) is 1. The first-order valence-corrected chi connectivity index (χ1v) is 9.40. The van der Waals surface area contributed by atoms with Crippen LogP contribution < -0.4 is 4.90 Å². The Morgan fingerprint density at radius 1 is 1.15 bits per heavy atom. The van der Waals surface area contributed by atoms with Gasteiger partial charge in [0.15, 0.2) is 5.82 Å². The molecule has 2 heterocycles. The van der Waals surface area contributed by atoms with Gasteiger partial charge in [-0.3, -0.25) is 4.98 Å². The number of nitrogens with zero attached hydrogens (tertiary/aromatic N) is 4. The van der Waals surface area contributed by atoms with Gasteiger partial charge >= 0.3 is 0 Å². The summed E-state index contributed by atoms with van der Waals surface area (Å²) in [6.07, 6.45) is 3.67. The molecule has 0 radical (unpaired) electrons. The third-order valence-corrected chi connectivity index (χ3v) is 5.03. The number of anilines is 1. The van der Waals surface area contributed by atoms with E-state index in [4.69, 9.17) is 9.72 Å². The molecule has 0 bridgehead atoms. The van der Waals surface area contributed by atoms with Crippen molar-refractivity contribution in [1.29, 1.82) is 0 Å². The van der Waals surface area contributed by atoms with Crippen LogP contribution in [0, 0.1) is 20.8 Å². The van der Waals surface area contributed by atoms with E-state index in [1.54, 1.807) is 13.3 Å². The fourth-order valence-corrected chi connectivity index (χ4v) is 3.83. The highest BCUT2D eigenvalue weighted by Gasteiger charge is 2.17. The van der Waals surface area contributed by atoms with Crippen LogP contribution in [-0.4, -0.2) is 34.6 Å². The Hall–Kier alpha value is -2.31. The Kier molecular flexibility index (Phi) is 5.96. The molecule has 1 aromatic carbocycles. The van der Waals surface area contributed by atoms with Crippen LogP contribution in [0.1, 0.15) is 22.3 Å². The van der Waals surface area contributed by atoms with Gasteiger partial charge in [-0.2, -0.15) is 9.36 Å². The van der Waals surface area contributed by atoms with E-state index in [-0.39, 0.29) is 0 Å². The lowest BCUT2D eigenvalue weighted by molar-refractivity contribution is 0.205. The highest BCUT2D eigenvalue weighted by atomic mass is 32.1. The molecule has 3 rings (SSSR count). The lowest BCUT2D eigenvalue weighted by Crippen LogP contribution is -2.26. The molecule has 0 atom stereocenters. The molecule has 0 fully saturated rings. The van der Waals surface area contributed by atoms with E-state index in [0.717, 1.165) is 35.2 Å². The molecule has 0 saturated carbocycles. The number of hydrogen-bond donors (Lipinski definition) is 0. The Balaban J connectivity index is 1.89.